The summed E-state index contributed by atoms with van der Waals surface area (Å²) in [7, 11) is -2.92. The summed E-state index contributed by atoms with van der Waals surface area (Å²) in [5.74, 6) is -0.810. The summed E-state index contributed by atoms with van der Waals surface area (Å²) in [5.41, 5.74) is -3.59. The van der Waals surface area contributed by atoms with Crippen LogP contribution >= 0.6 is 11.8 Å². The van der Waals surface area contributed by atoms with E-state index in [-0.39, 0.29) is 33.9 Å². The Morgan fingerprint density at radius 3 is 2.44 bits per heavy atom. The molecule has 172 valence electrons. The van der Waals surface area contributed by atoms with Gasteiger partial charge in [0.2, 0.25) is 21.8 Å². The van der Waals surface area contributed by atoms with Crippen molar-refractivity contribution in [3.05, 3.63) is 48.5 Å². The third kappa shape index (κ3) is 5.43. The van der Waals surface area contributed by atoms with Crippen molar-refractivity contribution >= 4 is 45.0 Å². The van der Waals surface area contributed by atoms with E-state index in [2.05, 4.69) is 5.32 Å². The van der Waals surface area contributed by atoms with E-state index in [0.29, 0.717) is 11.4 Å². The van der Waals surface area contributed by atoms with Crippen molar-refractivity contribution < 1.29 is 31.2 Å². The van der Waals surface area contributed by atoms with Gasteiger partial charge >= 0.3 is 5.51 Å². The van der Waals surface area contributed by atoms with Gasteiger partial charge in [-0.15, -0.1) is 0 Å². The second-order valence-electron chi connectivity index (χ2n) is 7.16. The second-order valence-corrected chi connectivity index (χ2v) is 10.3. The van der Waals surface area contributed by atoms with E-state index in [1.54, 1.807) is 31.2 Å². The van der Waals surface area contributed by atoms with Crippen LogP contribution in [0.15, 0.2) is 58.3 Å². The van der Waals surface area contributed by atoms with Gasteiger partial charge in [-0.25, -0.2) is 8.42 Å². The van der Waals surface area contributed by atoms with Gasteiger partial charge in [-0.05, 0) is 55.1 Å². The van der Waals surface area contributed by atoms with E-state index in [0.717, 1.165) is 28.6 Å². The average Bonchev–Trinajstić information content (AvgIpc) is 2.81. The zero-order chi connectivity index (χ0) is 23.7. The summed E-state index contributed by atoms with van der Waals surface area (Å²) in [6, 6.07) is 10.4. The number of likely N-dealkylation sites (N-methyl/N-ethyl adjacent to an activating group) is 1. The normalized spacial score (nSPS) is 17.0. The number of nitrogens with zero attached hydrogens (tertiary/aromatic N) is 2. The van der Waals surface area contributed by atoms with E-state index < -0.39 is 34.0 Å². The number of benzene rings is 2. The lowest BCUT2D eigenvalue weighted by atomic mass is 10.1. The molecule has 2 aromatic rings. The predicted octanol–water partition coefficient (Wildman–Crippen LogP) is 3.68. The molecule has 0 radical (unpaired) electrons. The summed E-state index contributed by atoms with van der Waals surface area (Å²) in [4.78, 5) is 26.2. The van der Waals surface area contributed by atoms with Gasteiger partial charge in [0.1, 0.15) is 0 Å². The van der Waals surface area contributed by atoms with Gasteiger partial charge in [-0.2, -0.15) is 17.5 Å². The first-order valence-corrected chi connectivity index (χ1v) is 11.7. The molecule has 7 nitrogen and oxygen atoms in total. The number of para-hydroxylation sites is 2. The Hall–Kier alpha value is -2.57. The van der Waals surface area contributed by atoms with Gasteiger partial charge in [0, 0.05) is 24.4 Å². The molecule has 1 N–H and O–H groups in total. The van der Waals surface area contributed by atoms with Crippen LogP contribution in [0.5, 0.6) is 0 Å². The van der Waals surface area contributed by atoms with E-state index >= 15 is 0 Å². The monoisotopic (exact) mass is 487 g/mol. The Labute approximate surface area is 187 Å². The molecule has 0 aromatic heterocycles. The number of hydrogen-bond acceptors (Lipinski definition) is 5. The van der Waals surface area contributed by atoms with Crippen LogP contribution in [0, 0.1) is 0 Å². The van der Waals surface area contributed by atoms with Crippen molar-refractivity contribution in [2.45, 2.75) is 34.7 Å². The van der Waals surface area contributed by atoms with Crippen LogP contribution in [0.4, 0.5) is 24.5 Å². The number of nitrogens with one attached hydrogen (secondary N) is 1. The number of rotatable bonds is 5. The molecule has 2 aromatic carbocycles. The number of carbonyl (C=O) groups excluding carboxylic acids is 2. The van der Waals surface area contributed by atoms with Crippen molar-refractivity contribution in [3.63, 3.8) is 0 Å². The SMILES string of the molecule is CC1CC(=O)Nc2ccccc2N1C(=O)CN(C)S(=O)(=O)c1ccc(SC(F)(F)F)cc1. The molecule has 1 heterocycles. The molecule has 12 heteroatoms. The fraction of sp³-hybridized carbons (Fsp3) is 0.300. The first kappa shape index (κ1) is 24.1. The highest BCUT2D eigenvalue weighted by molar-refractivity contribution is 8.00. The van der Waals surface area contributed by atoms with Crippen molar-refractivity contribution in [1.82, 2.24) is 4.31 Å². The molecule has 1 aliphatic rings. The lowest BCUT2D eigenvalue weighted by Gasteiger charge is -2.29. The molecule has 3 rings (SSSR count). The van der Waals surface area contributed by atoms with Crippen LogP contribution in [0.2, 0.25) is 0 Å². The maximum absolute atomic E-state index is 13.1. The third-order valence-electron chi connectivity index (χ3n) is 4.75. The molecule has 0 bridgehead atoms. The van der Waals surface area contributed by atoms with Crippen LogP contribution in [0.3, 0.4) is 0 Å². The maximum atomic E-state index is 13.1. The Kier molecular flexibility index (Phi) is 6.86. The average molecular weight is 488 g/mol. The first-order chi connectivity index (χ1) is 14.9. The highest BCUT2D eigenvalue weighted by atomic mass is 32.2. The van der Waals surface area contributed by atoms with Gasteiger partial charge < -0.3 is 10.2 Å². The summed E-state index contributed by atoms with van der Waals surface area (Å²) in [5, 5.41) is 2.72. The minimum Gasteiger partial charge on any atom is -0.324 e. The quantitative estimate of drug-likeness (QED) is 0.651. The molecule has 1 atom stereocenters. The van der Waals surface area contributed by atoms with Crippen molar-refractivity contribution in [1.29, 1.82) is 0 Å². The van der Waals surface area contributed by atoms with Crippen LogP contribution in [0.25, 0.3) is 0 Å². The summed E-state index contributed by atoms with van der Waals surface area (Å²) in [6.07, 6.45) is 0.0369. The van der Waals surface area contributed by atoms with Crippen LogP contribution in [-0.2, 0) is 19.6 Å². The molecule has 0 saturated carbocycles. The van der Waals surface area contributed by atoms with Gasteiger partial charge in [-0.3, -0.25) is 9.59 Å². The molecule has 0 spiro atoms. The standard InChI is InChI=1S/C20H20F3N3O4S2/c1-13-11-18(27)24-16-5-3-4-6-17(16)26(13)19(28)12-25(2)32(29,30)15-9-7-14(8-10-15)31-20(21,22)23/h3-10,13H,11-12H2,1-2H3,(H,24,27). The molecular weight excluding hydrogens is 467 g/mol. The molecule has 0 fully saturated rings. The van der Waals surface area contributed by atoms with Crippen molar-refractivity contribution in [2.75, 3.05) is 23.8 Å². The zero-order valence-electron chi connectivity index (χ0n) is 17.1. The summed E-state index contributed by atoms with van der Waals surface area (Å²) < 4.78 is 64.0. The number of alkyl halides is 3. The number of carbonyl (C=O) groups is 2. The van der Waals surface area contributed by atoms with Crippen LogP contribution in [0.1, 0.15) is 13.3 Å². The Bertz CT molecular complexity index is 1120. The van der Waals surface area contributed by atoms with Crippen LogP contribution < -0.4 is 10.2 Å². The van der Waals surface area contributed by atoms with Gasteiger partial charge in [0.25, 0.3) is 0 Å². The fourth-order valence-corrected chi connectivity index (χ4v) is 4.97. The molecular formula is C20H20F3N3O4S2. The summed E-state index contributed by atoms with van der Waals surface area (Å²) >= 11 is -0.349. The molecule has 2 amide bonds. The van der Waals surface area contributed by atoms with E-state index in [4.69, 9.17) is 0 Å². The van der Waals surface area contributed by atoms with E-state index in [9.17, 15) is 31.2 Å². The van der Waals surface area contributed by atoms with Gasteiger partial charge in [-0.1, -0.05) is 12.1 Å². The Morgan fingerprint density at radius 1 is 1.19 bits per heavy atom. The number of fused-ring (bicyclic) bond motifs is 1. The molecule has 1 unspecified atom stereocenters. The lowest BCUT2D eigenvalue weighted by molar-refractivity contribution is -0.119. The summed E-state index contributed by atoms with van der Waals surface area (Å²) in [6.45, 7) is 1.17. The van der Waals surface area contributed by atoms with E-state index in [1.807, 2.05) is 0 Å². The Balaban J connectivity index is 1.81. The number of anilines is 2. The van der Waals surface area contributed by atoms with Crippen LogP contribution in [-0.4, -0.2) is 49.7 Å². The maximum Gasteiger partial charge on any atom is 0.446 e. The molecule has 0 saturated heterocycles. The van der Waals surface area contributed by atoms with E-state index in [1.165, 1.54) is 11.9 Å². The highest BCUT2D eigenvalue weighted by Gasteiger charge is 2.33. The minimum atomic E-state index is -4.49. The predicted molar refractivity (Wildman–Crippen MR) is 115 cm³/mol. The largest absolute Gasteiger partial charge is 0.446 e. The number of hydrogen-bond donors (Lipinski definition) is 1. The third-order valence-corrected chi connectivity index (χ3v) is 7.31. The minimum absolute atomic E-state index is 0.0369. The number of sulfonamides is 1. The van der Waals surface area contributed by atoms with Gasteiger partial charge in [0.15, 0.2) is 0 Å². The van der Waals surface area contributed by atoms with Gasteiger partial charge in [0.05, 0.1) is 22.8 Å². The number of thioether (sulfide) groups is 1. The second kappa shape index (κ2) is 9.12. The smallest absolute Gasteiger partial charge is 0.324 e. The lowest BCUT2D eigenvalue weighted by Crippen LogP contribution is -2.45. The molecule has 0 aliphatic carbocycles. The van der Waals surface area contributed by atoms with Crippen molar-refractivity contribution in [3.8, 4) is 0 Å². The fourth-order valence-electron chi connectivity index (χ4n) is 3.31. The molecule has 1 aliphatic heterocycles. The number of halogens is 3. The highest BCUT2D eigenvalue weighted by Crippen LogP contribution is 2.37. The number of amides is 2. The zero-order valence-corrected chi connectivity index (χ0v) is 18.7. The van der Waals surface area contributed by atoms with Crippen molar-refractivity contribution in [2.24, 2.45) is 0 Å². The Morgan fingerprint density at radius 2 is 1.81 bits per heavy atom. The first-order valence-electron chi connectivity index (χ1n) is 9.41. The molecule has 32 heavy (non-hydrogen) atoms. The topological polar surface area (TPSA) is 86.8 Å².